The summed E-state index contributed by atoms with van der Waals surface area (Å²) in [6.45, 7) is 6.38. The minimum Gasteiger partial charge on any atom is -0.370 e. The maximum atomic E-state index is 9.59. The number of carbonyl (C=O) groups is 1. The molecular formula is C15H23NO. The van der Waals surface area contributed by atoms with Gasteiger partial charge in [0, 0.05) is 6.42 Å². The first-order valence-corrected chi connectivity index (χ1v) is 6.39. The molecule has 0 saturated heterocycles. The van der Waals surface area contributed by atoms with E-state index in [0.717, 1.165) is 11.8 Å². The monoisotopic (exact) mass is 233 g/mol. The van der Waals surface area contributed by atoms with Crippen LogP contribution in [0.4, 0.5) is 0 Å². The second-order valence-electron chi connectivity index (χ2n) is 5.00. The SMILES string of the molecule is CC(C)C1Cc2ccccc2C1.CCC(N)=O. The largest absolute Gasteiger partial charge is 0.370 e. The van der Waals surface area contributed by atoms with Gasteiger partial charge in [0.05, 0.1) is 0 Å². The summed E-state index contributed by atoms with van der Waals surface area (Å²) in [7, 11) is 0. The second-order valence-corrected chi connectivity index (χ2v) is 5.00. The number of fused-ring (bicyclic) bond motifs is 1. The van der Waals surface area contributed by atoms with Crippen molar-refractivity contribution in [1.29, 1.82) is 0 Å². The van der Waals surface area contributed by atoms with Crippen molar-refractivity contribution in [3.05, 3.63) is 35.4 Å². The maximum Gasteiger partial charge on any atom is 0.217 e. The van der Waals surface area contributed by atoms with Crippen LogP contribution in [0.3, 0.4) is 0 Å². The van der Waals surface area contributed by atoms with Crippen LogP contribution in [0.2, 0.25) is 0 Å². The molecule has 1 amide bonds. The third-order valence-electron chi connectivity index (χ3n) is 3.37. The van der Waals surface area contributed by atoms with Crippen LogP contribution < -0.4 is 5.73 Å². The van der Waals surface area contributed by atoms with E-state index in [9.17, 15) is 4.79 Å². The summed E-state index contributed by atoms with van der Waals surface area (Å²) >= 11 is 0. The van der Waals surface area contributed by atoms with Gasteiger partial charge in [0.1, 0.15) is 0 Å². The summed E-state index contributed by atoms with van der Waals surface area (Å²) in [5.41, 5.74) is 7.81. The number of rotatable bonds is 2. The van der Waals surface area contributed by atoms with Crippen molar-refractivity contribution in [1.82, 2.24) is 0 Å². The number of hydrogen-bond donors (Lipinski definition) is 1. The van der Waals surface area contributed by atoms with Crippen LogP contribution >= 0.6 is 0 Å². The van der Waals surface area contributed by atoms with E-state index in [0.29, 0.717) is 6.42 Å². The normalized spacial score (nSPS) is 14.1. The van der Waals surface area contributed by atoms with Crippen LogP contribution in [-0.2, 0) is 17.6 Å². The highest BCUT2D eigenvalue weighted by molar-refractivity contribution is 5.73. The Kier molecular flexibility index (Phi) is 5.20. The molecule has 0 fully saturated rings. The first-order valence-electron chi connectivity index (χ1n) is 6.39. The Labute approximate surface area is 104 Å². The van der Waals surface area contributed by atoms with Crippen molar-refractivity contribution in [3.8, 4) is 0 Å². The predicted octanol–water partition coefficient (Wildman–Crippen LogP) is 2.94. The molecule has 0 radical (unpaired) electrons. The zero-order valence-electron chi connectivity index (χ0n) is 11.1. The number of nitrogens with two attached hydrogens (primary N) is 1. The maximum absolute atomic E-state index is 9.59. The van der Waals surface area contributed by atoms with Gasteiger partial charge in [-0.05, 0) is 35.8 Å². The lowest BCUT2D eigenvalue weighted by atomic mass is 9.93. The number of primary amides is 1. The Morgan fingerprint density at radius 3 is 2.00 bits per heavy atom. The lowest BCUT2D eigenvalue weighted by molar-refractivity contribution is -0.117. The minimum atomic E-state index is -0.245. The van der Waals surface area contributed by atoms with E-state index in [4.69, 9.17) is 0 Å². The molecule has 0 bridgehead atoms. The molecule has 1 aromatic rings. The molecule has 17 heavy (non-hydrogen) atoms. The van der Waals surface area contributed by atoms with Gasteiger partial charge in [-0.15, -0.1) is 0 Å². The Morgan fingerprint density at radius 1 is 1.29 bits per heavy atom. The lowest BCUT2D eigenvalue weighted by Crippen LogP contribution is -2.07. The summed E-state index contributed by atoms with van der Waals surface area (Å²) in [6.07, 6.45) is 3.04. The molecule has 1 aromatic carbocycles. The fourth-order valence-electron chi connectivity index (χ4n) is 2.06. The number of benzene rings is 1. The molecule has 0 saturated carbocycles. The van der Waals surface area contributed by atoms with E-state index in [2.05, 4.69) is 43.8 Å². The standard InChI is InChI=1S/C12H16.C3H7NO/c1-9(2)12-7-10-5-3-4-6-11(10)8-12;1-2-3(4)5/h3-6,9,12H,7-8H2,1-2H3;2H2,1H3,(H2,4,5). The van der Waals surface area contributed by atoms with Gasteiger partial charge in [-0.2, -0.15) is 0 Å². The van der Waals surface area contributed by atoms with Crippen molar-refractivity contribution in [2.24, 2.45) is 17.6 Å². The topological polar surface area (TPSA) is 43.1 Å². The van der Waals surface area contributed by atoms with Crippen molar-refractivity contribution in [2.75, 3.05) is 0 Å². The molecule has 2 rings (SSSR count). The van der Waals surface area contributed by atoms with Gasteiger partial charge >= 0.3 is 0 Å². The van der Waals surface area contributed by atoms with Crippen LogP contribution in [0.25, 0.3) is 0 Å². The Bertz CT molecular complexity index is 346. The van der Waals surface area contributed by atoms with Crippen molar-refractivity contribution in [3.63, 3.8) is 0 Å². The van der Waals surface area contributed by atoms with Gasteiger partial charge in [0.2, 0.25) is 5.91 Å². The van der Waals surface area contributed by atoms with Crippen LogP contribution in [0.1, 0.15) is 38.3 Å². The van der Waals surface area contributed by atoms with Crippen LogP contribution in [0, 0.1) is 11.8 Å². The van der Waals surface area contributed by atoms with Crippen molar-refractivity contribution in [2.45, 2.75) is 40.0 Å². The molecule has 2 heteroatoms. The summed E-state index contributed by atoms with van der Waals surface area (Å²) in [4.78, 5) is 9.59. The van der Waals surface area contributed by atoms with Crippen molar-refractivity contribution >= 4 is 5.91 Å². The molecule has 2 N–H and O–H groups in total. The molecule has 0 unspecified atom stereocenters. The van der Waals surface area contributed by atoms with Crippen LogP contribution in [-0.4, -0.2) is 5.91 Å². The lowest BCUT2D eigenvalue weighted by Gasteiger charge is -2.12. The van der Waals surface area contributed by atoms with Gasteiger partial charge in [-0.3, -0.25) is 4.79 Å². The third-order valence-corrected chi connectivity index (χ3v) is 3.37. The van der Waals surface area contributed by atoms with E-state index < -0.39 is 0 Å². The van der Waals surface area contributed by atoms with E-state index in [1.165, 1.54) is 12.8 Å². The Hall–Kier alpha value is -1.31. The molecule has 1 aliphatic rings. The van der Waals surface area contributed by atoms with Gasteiger partial charge in [0.25, 0.3) is 0 Å². The number of hydrogen-bond acceptors (Lipinski definition) is 1. The molecule has 2 nitrogen and oxygen atoms in total. The highest BCUT2D eigenvalue weighted by Crippen LogP contribution is 2.30. The van der Waals surface area contributed by atoms with Crippen LogP contribution in [0.5, 0.6) is 0 Å². The molecule has 0 aliphatic heterocycles. The first kappa shape index (κ1) is 13.8. The quantitative estimate of drug-likeness (QED) is 0.838. The molecule has 0 aromatic heterocycles. The fourth-order valence-corrected chi connectivity index (χ4v) is 2.06. The molecule has 0 heterocycles. The molecular weight excluding hydrogens is 210 g/mol. The first-order chi connectivity index (χ1) is 8.04. The summed E-state index contributed by atoms with van der Waals surface area (Å²) < 4.78 is 0. The average Bonchev–Trinajstić information content (AvgIpc) is 2.73. The molecule has 94 valence electrons. The smallest absolute Gasteiger partial charge is 0.217 e. The highest BCUT2D eigenvalue weighted by Gasteiger charge is 2.22. The van der Waals surface area contributed by atoms with Crippen LogP contribution in [0.15, 0.2) is 24.3 Å². The summed E-state index contributed by atoms with van der Waals surface area (Å²) in [5.74, 6) is 1.48. The zero-order valence-corrected chi connectivity index (χ0v) is 11.1. The number of carbonyl (C=O) groups excluding carboxylic acids is 1. The Morgan fingerprint density at radius 2 is 1.71 bits per heavy atom. The number of amides is 1. The van der Waals surface area contributed by atoms with E-state index in [1.807, 2.05) is 0 Å². The minimum absolute atomic E-state index is 0.245. The Balaban J connectivity index is 0.000000249. The predicted molar refractivity (Wildman–Crippen MR) is 71.7 cm³/mol. The van der Waals surface area contributed by atoms with E-state index in [-0.39, 0.29) is 5.91 Å². The van der Waals surface area contributed by atoms with Gasteiger partial charge in [-0.25, -0.2) is 0 Å². The second kappa shape index (κ2) is 6.43. The third kappa shape index (κ3) is 4.22. The summed E-state index contributed by atoms with van der Waals surface area (Å²) in [6, 6.07) is 8.86. The van der Waals surface area contributed by atoms with Crippen molar-refractivity contribution < 1.29 is 4.79 Å². The summed E-state index contributed by atoms with van der Waals surface area (Å²) in [5, 5.41) is 0. The molecule has 0 spiro atoms. The fraction of sp³-hybridized carbons (Fsp3) is 0.533. The van der Waals surface area contributed by atoms with E-state index in [1.54, 1.807) is 18.1 Å². The van der Waals surface area contributed by atoms with Gasteiger partial charge in [0.15, 0.2) is 0 Å². The van der Waals surface area contributed by atoms with Gasteiger partial charge < -0.3 is 5.73 Å². The highest BCUT2D eigenvalue weighted by atomic mass is 16.1. The average molecular weight is 233 g/mol. The van der Waals surface area contributed by atoms with E-state index >= 15 is 0 Å². The van der Waals surface area contributed by atoms with Gasteiger partial charge in [-0.1, -0.05) is 45.0 Å². The zero-order chi connectivity index (χ0) is 12.8. The molecule has 0 atom stereocenters. The molecule has 1 aliphatic carbocycles.